The maximum Gasteiger partial charge on any atom is 0.240 e. The van der Waals surface area contributed by atoms with E-state index in [2.05, 4.69) is 26.0 Å². The first-order valence-electron chi connectivity index (χ1n) is 7.67. The van der Waals surface area contributed by atoms with Crippen LogP contribution in [-0.4, -0.2) is 26.4 Å². The molecular formula is C17H12BrN5O2. The first-order valence-corrected chi connectivity index (χ1v) is 8.47. The van der Waals surface area contributed by atoms with Gasteiger partial charge in [-0.3, -0.25) is 0 Å². The van der Waals surface area contributed by atoms with E-state index in [1.807, 2.05) is 36.4 Å². The standard InChI is InChI=1S/C17H12BrN5O2/c18-14-9(5-6-12-15(14)25-8-24-12)7-13-20-11-4-2-1-3-10(11)16-21-17(19)22-23(13)16/h1-6H,7-8H2,(H2,19,22). The Morgan fingerprint density at radius 3 is 2.92 bits per heavy atom. The van der Waals surface area contributed by atoms with E-state index in [1.165, 1.54) is 0 Å². The highest BCUT2D eigenvalue weighted by Gasteiger charge is 2.21. The lowest BCUT2D eigenvalue weighted by atomic mass is 10.1. The van der Waals surface area contributed by atoms with Crippen molar-refractivity contribution in [3.63, 3.8) is 0 Å². The number of hydrogen-bond donors (Lipinski definition) is 1. The van der Waals surface area contributed by atoms with E-state index in [-0.39, 0.29) is 12.7 Å². The molecule has 1 aliphatic heterocycles. The third kappa shape index (κ3) is 2.21. The summed E-state index contributed by atoms with van der Waals surface area (Å²) in [4.78, 5) is 9.12. The van der Waals surface area contributed by atoms with Crippen molar-refractivity contribution in [2.75, 3.05) is 12.5 Å². The van der Waals surface area contributed by atoms with Crippen molar-refractivity contribution >= 4 is 38.4 Å². The summed E-state index contributed by atoms with van der Waals surface area (Å²) in [5.41, 5.74) is 8.41. The van der Waals surface area contributed by atoms with Crippen molar-refractivity contribution in [1.29, 1.82) is 0 Å². The number of benzene rings is 2. The van der Waals surface area contributed by atoms with E-state index in [4.69, 9.17) is 20.2 Å². The average Bonchev–Trinajstić information content (AvgIpc) is 3.24. The number of nitrogen functional groups attached to an aromatic ring is 1. The lowest BCUT2D eigenvalue weighted by Gasteiger charge is -2.09. The zero-order valence-electron chi connectivity index (χ0n) is 12.9. The molecule has 0 saturated carbocycles. The molecule has 25 heavy (non-hydrogen) atoms. The molecule has 4 aromatic rings. The molecule has 1 aliphatic rings. The van der Waals surface area contributed by atoms with Crippen molar-refractivity contribution in [2.24, 2.45) is 0 Å². The van der Waals surface area contributed by atoms with Crippen LogP contribution in [-0.2, 0) is 6.42 Å². The quantitative estimate of drug-likeness (QED) is 0.559. The summed E-state index contributed by atoms with van der Waals surface area (Å²) in [5, 5.41) is 5.23. The largest absolute Gasteiger partial charge is 0.454 e. The van der Waals surface area contributed by atoms with Gasteiger partial charge in [0, 0.05) is 11.8 Å². The van der Waals surface area contributed by atoms with Gasteiger partial charge in [0.1, 0.15) is 5.82 Å². The fourth-order valence-electron chi connectivity index (χ4n) is 3.03. The first-order chi connectivity index (χ1) is 12.2. The van der Waals surface area contributed by atoms with Gasteiger partial charge in [0.25, 0.3) is 0 Å². The van der Waals surface area contributed by atoms with E-state index in [1.54, 1.807) is 4.52 Å². The molecule has 2 N–H and O–H groups in total. The van der Waals surface area contributed by atoms with E-state index in [0.717, 1.165) is 32.5 Å². The van der Waals surface area contributed by atoms with E-state index >= 15 is 0 Å². The van der Waals surface area contributed by atoms with Crippen LogP contribution < -0.4 is 15.2 Å². The number of anilines is 1. The normalized spacial score (nSPS) is 13.0. The van der Waals surface area contributed by atoms with Crippen LogP contribution in [0.2, 0.25) is 0 Å². The number of para-hydroxylation sites is 1. The fourth-order valence-corrected chi connectivity index (χ4v) is 3.61. The van der Waals surface area contributed by atoms with Crippen molar-refractivity contribution in [1.82, 2.24) is 19.6 Å². The minimum Gasteiger partial charge on any atom is -0.454 e. The molecule has 0 saturated heterocycles. The molecule has 0 fully saturated rings. The molecule has 7 nitrogen and oxygen atoms in total. The fraction of sp³-hybridized carbons (Fsp3) is 0.118. The number of nitrogens with two attached hydrogens (primary N) is 1. The van der Waals surface area contributed by atoms with Crippen LogP contribution in [0.1, 0.15) is 11.4 Å². The van der Waals surface area contributed by atoms with Crippen molar-refractivity contribution in [3.05, 3.63) is 52.3 Å². The lowest BCUT2D eigenvalue weighted by molar-refractivity contribution is 0.173. The van der Waals surface area contributed by atoms with Crippen LogP contribution in [0.3, 0.4) is 0 Å². The molecule has 3 heterocycles. The molecule has 0 spiro atoms. The summed E-state index contributed by atoms with van der Waals surface area (Å²) < 4.78 is 13.5. The van der Waals surface area contributed by atoms with Gasteiger partial charge in [-0.2, -0.15) is 9.50 Å². The Morgan fingerprint density at radius 2 is 2.00 bits per heavy atom. The predicted molar refractivity (Wildman–Crippen MR) is 95.8 cm³/mol. The molecule has 0 amide bonds. The third-order valence-electron chi connectivity index (χ3n) is 4.17. The first kappa shape index (κ1) is 14.5. The SMILES string of the molecule is Nc1nc2c3ccccc3nc(Cc3ccc4c(c3Br)OCO4)n2n1. The number of nitrogens with zero attached hydrogens (tertiary/aromatic N) is 4. The van der Waals surface area contributed by atoms with Crippen molar-refractivity contribution in [3.8, 4) is 11.5 Å². The summed E-state index contributed by atoms with van der Waals surface area (Å²) in [7, 11) is 0. The van der Waals surface area contributed by atoms with Crippen molar-refractivity contribution < 1.29 is 9.47 Å². The predicted octanol–water partition coefficient (Wildman–Crippen LogP) is 2.94. The number of fused-ring (bicyclic) bond motifs is 4. The van der Waals surface area contributed by atoms with Gasteiger partial charge in [-0.05, 0) is 39.7 Å². The minimum atomic E-state index is 0.226. The van der Waals surface area contributed by atoms with Gasteiger partial charge in [-0.1, -0.05) is 18.2 Å². The number of ether oxygens (including phenoxy) is 2. The Bertz CT molecular complexity index is 1140. The zero-order chi connectivity index (χ0) is 17.0. The average molecular weight is 398 g/mol. The summed E-state index contributed by atoms with van der Waals surface area (Å²) >= 11 is 3.61. The Labute approximate surface area is 150 Å². The highest BCUT2D eigenvalue weighted by Crippen LogP contribution is 2.41. The molecule has 5 rings (SSSR count). The molecule has 0 atom stereocenters. The summed E-state index contributed by atoms with van der Waals surface area (Å²) in [6, 6.07) is 11.7. The molecule has 2 aromatic heterocycles. The van der Waals surface area contributed by atoms with Crippen LogP contribution in [0.5, 0.6) is 11.5 Å². The molecule has 0 radical (unpaired) electrons. The summed E-state index contributed by atoms with van der Waals surface area (Å²) in [5.74, 6) is 2.42. The van der Waals surface area contributed by atoms with Crippen LogP contribution in [0, 0.1) is 0 Å². The van der Waals surface area contributed by atoms with Gasteiger partial charge >= 0.3 is 0 Å². The number of aromatic nitrogens is 4. The maximum atomic E-state index is 5.83. The minimum absolute atomic E-state index is 0.226. The van der Waals surface area contributed by atoms with Crippen LogP contribution in [0.4, 0.5) is 5.95 Å². The number of halogens is 1. The van der Waals surface area contributed by atoms with Gasteiger partial charge in [0.05, 0.1) is 9.99 Å². The van der Waals surface area contributed by atoms with Gasteiger partial charge in [0.15, 0.2) is 17.1 Å². The molecule has 0 aliphatic carbocycles. The number of rotatable bonds is 2. The summed E-state index contributed by atoms with van der Waals surface area (Å²) in [6.07, 6.45) is 0.543. The van der Waals surface area contributed by atoms with E-state index in [9.17, 15) is 0 Å². The number of hydrogen-bond acceptors (Lipinski definition) is 6. The monoisotopic (exact) mass is 397 g/mol. The van der Waals surface area contributed by atoms with Gasteiger partial charge < -0.3 is 15.2 Å². The molecule has 124 valence electrons. The molecule has 0 unspecified atom stereocenters. The second-order valence-electron chi connectivity index (χ2n) is 5.70. The highest BCUT2D eigenvalue weighted by molar-refractivity contribution is 9.10. The van der Waals surface area contributed by atoms with Crippen LogP contribution in [0.25, 0.3) is 16.6 Å². The summed E-state index contributed by atoms with van der Waals surface area (Å²) in [6.45, 7) is 0.232. The van der Waals surface area contributed by atoms with Gasteiger partial charge in [0.2, 0.25) is 12.7 Å². The molecule has 0 bridgehead atoms. The second kappa shape index (κ2) is 5.32. The second-order valence-corrected chi connectivity index (χ2v) is 6.49. The van der Waals surface area contributed by atoms with E-state index < -0.39 is 0 Å². The van der Waals surface area contributed by atoms with Gasteiger partial charge in [-0.25, -0.2) is 4.98 Å². The maximum absolute atomic E-state index is 5.83. The highest BCUT2D eigenvalue weighted by atomic mass is 79.9. The van der Waals surface area contributed by atoms with Crippen LogP contribution in [0.15, 0.2) is 40.9 Å². The third-order valence-corrected chi connectivity index (χ3v) is 5.04. The molecule has 2 aromatic carbocycles. The van der Waals surface area contributed by atoms with Gasteiger partial charge in [-0.15, -0.1) is 5.10 Å². The van der Waals surface area contributed by atoms with Crippen molar-refractivity contribution in [2.45, 2.75) is 6.42 Å². The smallest absolute Gasteiger partial charge is 0.240 e. The Balaban J connectivity index is 1.70. The van der Waals surface area contributed by atoms with E-state index in [0.29, 0.717) is 17.8 Å². The topological polar surface area (TPSA) is 87.6 Å². The zero-order valence-corrected chi connectivity index (χ0v) is 14.5. The Morgan fingerprint density at radius 1 is 1.12 bits per heavy atom. The Hall–Kier alpha value is -2.87. The molecule has 8 heteroatoms. The molecular weight excluding hydrogens is 386 g/mol. The Kier molecular flexibility index (Phi) is 3.08. The lowest BCUT2D eigenvalue weighted by Crippen LogP contribution is -2.05. The van der Waals surface area contributed by atoms with Crippen LogP contribution >= 0.6 is 15.9 Å².